The first kappa shape index (κ1) is 25.2. The molecule has 5 rings (SSSR count). The summed E-state index contributed by atoms with van der Waals surface area (Å²) in [5.41, 5.74) is 5.85. The summed E-state index contributed by atoms with van der Waals surface area (Å²) in [5.74, 6) is -0.584. The fraction of sp³-hybridized carbons (Fsp3) is 0.323. The molecule has 4 aromatic rings. The predicted molar refractivity (Wildman–Crippen MR) is 151 cm³/mol. The third-order valence-electron chi connectivity index (χ3n) is 6.91. The van der Waals surface area contributed by atoms with Crippen molar-refractivity contribution >= 4 is 39.1 Å². The fourth-order valence-corrected chi connectivity index (χ4v) is 6.18. The molecule has 0 bridgehead atoms. The van der Waals surface area contributed by atoms with Crippen molar-refractivity contribution in [2.45, 2.75) is 58.8 Å². The van der Waals surface area contributed by atoms with E-state index in [2.05, 4.69) is 36.5 Å². The zero-order valence-corrected chi connectivity index (χ0v) is 22.2. The number of anilines is 1. The lowest BCUT2D eigenvalue weighted by atomic mass is 10.0. The standard InChI is InChI=1S/C31H32N2O3S/c1-3-18-36-31(35)28-23-11-6-5-7-13-27(23)37-30(28)33-29(34)24-19-26(21-16-14-20(4-2)15-17-21)32-25-12-9-8-10-22(24)25/h8-10,12,14-17,19H,3-7,11,13,18H2,1-2H3,(H,33,34). The topological polar surface area (TPSA) is 68.3 Å². The van der Waals surface area contributed by atoms with Crippen LogP contribution in [-0.2, 0) is 24.0 Å². The molecule has 0 saturated carbocycles. The first-order valence-electron chi connectivity index (χ1n) is 13.2. The quantitative estimate of drug-likeness (QED) is 0.204. The van der Waals surface area contributed by atoms with Gasteiger partial charge < -0.3 is 10.1 Å². The van der Waals surface area contributed by atoms with E-state index < -0.39 is 0 Å². The van der Waals surface area contributed by atoms with Crippen LogP contribution in [0.3, 0.4) is 0 Å². The molecule has 37 heavy (non-hydrogen) atoms. The van der Waals surface area contributed by atoms with E-state index in [9.17, 15) is 9.59 Å². The summed E-state index contributed by atoms with van der Waals surface area (Å²) >= 11 is 1.52. The second-order valence-electron chi connectivity index (χ2n) is 9.48. The van der Waals surface area contributed by atoms with Gasteiger partial charge in [0.1, 0.15) is 5.00 Å². The van der Waals surface area contributed by atoms with Gasteiger partial charge >= 0.3 is 5.97 Å². The Labute approximate surface area is 221 Å². The molecule has 0 fully saturated rings. The zero-order chi connectivity index (χ0) is 25.8. The molecule has 0 spiro atoms. The summed E-state index contributed by atoms with van der Waals surface area (Å²) < 4.78 is 5.54. The van der Waals surface area contributed by atoms with Gasteiger partial charge in [-0.1, -0.05) is 62.7 Å². The lowest BCUT2D eigenvalue weighted by Crippen LogP contribution is -2.16. The molecule has 2 aromatic carbocycles. The van der Waals surface area contributed by atoms with Crippen molar-refractivity contribution in [3.05, 3.63) is 81.7 Å². The number of aryl methyl sites for hydroxylation is 2. The second kappa shape index (κ2) is 11.3. The monoisotopic (exact) mass is 512 g/mol. The summed E-state index contributed by atoms with van der Waals surface area (Å²) in [5, 5.41) is 4.47. The van der Waals surface area contributed by atoms with Gasteiger partial charge in [0, 0.05) is 15.8 Å². The van der Waals surface area contributed by atoms with Crippen LogP contribution in [0.2, 0.25) is 0 Å². The summed E-state index contributed by atoms with van der Waals surface area (Å²) in [6.07, 6.45) is 6.78. The number of nitrogens with zero attached hydrogens (tertiary/aromatic N) is 1. The zero-order valence-electron chi connectivity index (χ0n) is 21.4. The Balaban J connectivity index is 1.55. The number of nitrogens with one attached hydrogen (secondary N) is 1. The van der Waals surface area contributed by atoms with Gasteiger partial charge in [-0.05, 0) is 61.8 Å². The molecule has 5 nitrogen and oxygen atoms in total. The number of aromatic nitrogens is 1. The van der Waals surface area contributed by atoms with Crippen LogP contribution in [0.1, 0.15) is 76.3 Å². The van der Waals surface area contributed by atoms with Crippen molar-refractivity contribution in [2.75, 3.05) is 11.9 Å². The number of carbonyl (C=O) groups excluding carboxylic acids is 2. The number of para-hydroxylation sites is 1. The molecule has 2 heterocycles. The van der Waals surface area contributed by atoms with Gasteiger partial charge in [-0.2, -0.15) is 0 Å². The minimum absolute atomic E-state index is 0.244. The first-order valence-corrected chi connectivity index (χ1v) is 14.0. The second-order valence-corrected chi connectivity index (χ2v) is 10.6. The number of rotatable bonds is 7. The summed E-state index contributed by atoms with van der Waals surface area (Å²) in [6.45, 7) is 4.47. The number of fused-ring (bicyclic) bond motifs is 2. The molecule has 0 radical (unpaired) electrons. The summed E-state index contributed by atoms with van der Waals surface area (Å²) in [7, 11) is 0. The van der Waals surface area contributed by atoms with Crippen molar-refractivity contribution in [1.82, 2.24) is 4.98 Å². The van der Waals surface area contributed by atoms with Crippen LogP contribution in [0.25, 0.3) is 22.2 Å². The fourth-order valence-electron chi connectivity index (χ4n) is 4.91. The Hall–Kier alpha value is -3.51. The van der Waals surface area contributed by atoms with Gasteiger partial charge in [0.15, 0.2) is 0 Å². The van der Waals surface area contributed by atoms with Crippen molar-refractivity contribution < 1.29 is 14.3 Å². The van der Waals surface area contributed by atoms with Crippen molar-refractivity contribution in [2.24, 2.45) is 0 Å². The average Bonchev–Trinajstić information content (AvgIpc) is 3.10. The molecule has 1 N–H and O–H groups in total. The molecular formula is C31H32N2O3S. The van der Waals surface area contributed by atoms with E-state index in [1.807, 2.05) is 37.3 Å². The number of thiophene rings is 1. The minimum atomic E-state index is -0.340. The SMILES string of the molecule is CCCOC(=O)c1c(NC(=O)c2cc(-c3ccc(CC)cc3)nc3ccccc23)sc2c1CCCCC2. The molecule has 1 amide bonds. The number of pyridine rings is 1. The highest BCUT2D eigenvalue weighted by molar-refractivity contribution is 7.17. The van der Waals surface area contributed by atoms with E-state index in [1.165, 1.54) is 21.8 Å². The minimum Gasteiger partial charge on any atom is -0.462 e. The van der Waals surface area contributed by atoms with Crippen LogP contribution in [0.15, 0.2) is 54.6 Å². The smallest absolute Gasteiger partial charge is 0.341 e. The molecule has 0 aliphatic heterocycles. The Morgan fingerprint density at radius 3 is 2.57 bits per heavy atom. The van der Waals surface area contributed by atoms with E-state index in [-0.39, 0.29) is 11.9 Å². The highest BCUT2D eigenvalue weighted by atomic mass is 32.1. The normalized spacial score (nSPS) is 13.1. The predicted octanol–water partition coefficient (Wildman–Crippen LogP) is 7.61. The molecule has 1 aliphatic rings. The van der Waals surface area contributed by atoms with Crippen molar-refractivity contribution in [1.29, 1.82) is 0 Å². The highest BCUT2D eigenvalue weighted by Crippen LogP contribution is 2.38. The third-order valence-corrected chi connectivity index (χ3v) is 8.12. The maximum Gasteiger partial charge on any atom is 0.341 e. The van der Waals surface area contributed by atoms with Gasteiger partial charge in [0.25, 0.3) is 5.91 Å². The van der Waals surface area contributed by atoms with Gasteiger partial charge in [0.2, 0.25) is 0 Å². The van der Waals surface area contributed by atoms with Crippen LogP contribution in [-0.4, -0.2) is 23.5 Å². The molecular weight excluding hydrogens is 480 g/mol. The van der Waals surface area contributed by atoms with Crippen LogP contribution in [0.5, 0.6) is 0 Å². The summed E-state index contributed by atoms with van der Waals surface area (Å²) in [4.78, 5) is 32.9. The number of hydrogen-bond donors (Lipinski definition) is 1. The van der Waals surface area contributed by atoms with Crippen LogP contribution >= 0.6 is 11.3 Å². The number of amides is 1. The van der Waals surface area contributed by atoms with Gasteiger partial charge in [0.05, 0.1) is 28.9 Å². The van der Waals surface area contributed by atoms with Gasteiger partial charge in [-0.15, -0.1) is 11.3 Å². The molecule has 1 aliphatic carbocycles. The van der Waals surface area contributed by atoms with E-state index in [1.54, 1.807) is 0 Å². The highest BCUT2D eigenvalue weighted by Gasteiger charge is 2.27. The molecule has 2 aromatic heterocycles. The number of carbonyl (C=O) groups is 2. The van der Waals surface area contributed by atoms with E-state index in [0.717, 1.165) is 72.7 Å². The Bertz CT molecular complexity index is 1440. The lowest BCUT2D eigenvalue weighted by molar-refractivity contribution is 0.0505. The number of esters is 1. The maximum absolute atomic E-state index is 13.8. The van der Waals surface area contributed by atoms with Gasteiger partial charge in [-0.3, -0.25) is 4.79 Å². The third kappa shape index (κ3) is 5.30. The largest absolute Gasteiger partial charge is 0.462 e. The Kier molecular flexibility index (Phi) is 7.65. The Morgan fingerprint density at radius 2 is 1.78 bits per heavy atom. The van der Waals surface area contributed by atoms with E-state index in [4.69, 9.17) is 9.72 Å². The van der Waals surface area contributed by atoms with E-state index in [0.29, 0.717) is 22.7 Å². The molecule has 6 heteroatoms. The van der Waals surface area contributed by atoms with Crippen molar-refractivity contribution in [3.63, 3.8) is 0 Å². The Morgan fingerprint density at radius 1 is 1.00 bits per heavy atom. The number of ether oxygens (including phenoxy) is 1. The number of hydrogen-bond acceptors (Lipinski definition) is 5. The molecule has 190 valence electrons. The van der Waals surface area contributed by atoms with E-state index >= 15 is 0 Å². The first-order chi connectivity index (χ1) is 18.1. The molecule has 0 unspecified atom stereocenters. The lowest BCUT2D eigenvalue weighted by Gasteiger charge is -2.12. The van der Waals surface area contributed by atoms with Gasteiger partial charge in [-0.25, -0.2) is 9.78 Å². The van der Waals surface area contributed by atoms with Crippen LogP contribution in [0, 0.1) is 0 Å². The number of benzene rings is 2. The van der Waals surface area contributed by atoms with Crippen LogP contribution in [0.4, 0.5) is 5.00 Å². The van der Waals surface area contributed by atoms with Crippen molar-refractivity contribution in [3.8, 4) is 11.3 Å². The summed E-state index contributed by atoms with van der Waals surface area (Å²) in [6, 6.07) is 17.8. The molecule has 0 atom stereocenters. The molecule has 0 saturated heterocycles. The van der Waals surface area contributed by atoms with Crippen LogP contribution < -0.4 is 5.32 Å². The maximum atomic E-state index is 13.8. The average molecular weight is 513 g/mol.